The van der Waals surface area contributed by atoms with Crippen LogP contribution in [0.1, 0.15) is 26.2 Å². The van der Waals surface area contributed by atoms with Crippen molar-refractivity contribution in [2.24, 2.45) is 0 Å². The van der Waals surface area contributed by atoms with Crippen LogP contribution in [0.5, 0.6) is 0 Å². The van der Waals surface area contributed by atoms with Crippen molar-refractivity contribution in [3.8, 4) is 6.07 Å². The van der Waals surface area contributed by atoms with Gasteiger partial charge in [0.05, 0.1) is 24.9 Å². The highest BCUT2D eigenvalue weighted by atomic mass is 16.5. The van der Waals surface area contributed by atoms with Gasteiger partial charge in [-0.1, -0.05) is 0 Å². The van der Waals surface area contributed by atoms with Gasteiger partial charge in [-0.2, -0.15) is 5.26 Å². The van der Waals surface area contributed by atoms with Gasteiger partial charge in [0.1, 0.15) is 0 Å². The predicted octanol–water partition coefficient (Wildman–Crippen LogP) is 1.07. The van der Waals surface area contributed by atoms with Gasteiger partial charge >= 0.3 is 0 Å². The Hall–Kier alpha value is -0.630. The molecule has 0 aromatic heterocycles. The summed E-state index contributed by atoms with van der Waals surface area (Å²) in [6.07, 6.45) is 2.98. The summed E-state index contributed by atoms with van der Waals surface area (Å²) in [5, 5.41) is 11.6. The number of hydrogen-bond acceptors (Lipinski definition) is 4. The molecule has 1 fully saturated rings. The third-order valence-electron chi connectivity index (χ3n) is 2.36. The van der Waals surface area contributed by atoms with Crippen molar-refractivity contribution < 1.29 is 9.47 Å². The summed E-state index contributed by atoms with van der Waals surface area (Å²) in [5.41, 5.74) is 0. The number of nitrogens with zero attached hydrogens (tertiary/aromatic N) is 1. The third-order valence-corrected chi connectivity index (χ3v) is 2.36. The molecular formula is C11H20N2O2. The zero-order valence-electron chi connectivity index (χ0n) is 9.37. The average molecular weight is 212 g/mol. The standard InChI is InChI=1S/C11H20N2O2/c1-10-7-13-8-11(15-10)9-14-6-4-2-3-5-12/h10-11,13H,2-4,6-9H2,1H3. The van der Waals surface area contributed by atoms with Crippen LogP contribution in [0, 0.1) is 11.3 Å². The molecule has 4 nitrogen and oxygen atoms in total. The van der Waals surface area contributed by atoms with Gasteiger partial charge in [0.2, 0.25) is 0 Å². The van der Waals surface area contributed by atoms with E-state index in [2.05, 4.69) is 18.3 Å². The van der Waals surface area contributed by atoms with Crippen molar-refractivity contribution in [2.45, 2.75) is 38.4 Å². The highest BCUT2D eigenvalue weighted by Gasteiger charge is 2.18. The first-order chi connectivity index (χ1) is 7.33. The zero-order chi connectivity index (χ0) is 10.9. The Balaban J connectivity index is 1.93. The molecule has 1 saturated heterocycles. The van der Waals surface area contributed by atoms with E-state index < -0.39 is 0 Å². The Morgan fingerprint density at radius 1 is 1.47 bits per heavy atom. The van der Waals surface area contributed by atoms with Gasteiger partial charge in [-0.05, 0) is 19.8 Å². The SMILES string of the molecule is CC1CNCC(COCCCCC#N)O1. The van der Waals surface area contributed by atoms with Gasteiger partial charge in [0.15, 0.2) is 0 Å². The Morgan fingerprint density at radius 3 is 3.07 bits per heavy atom. The summed E-state index contributed by atoms with van der Waals surface area (Å²) >= 11 is 0. The van der Waals surface area contributed by atoms with Crippen molar-refractivity contribution in [3.05, 3.63) is 0 Å². The summed E-state index contributed by atoms with van der Waals surface area (Å²) in [5.74, 6) is 0. The maximum atomic E-state index is 8.34. The Bertz CT molecular complexity index is 203. The molecule has 86 valence electrons. The monoisotopic (exact) mass is 212 g/mol. The second-order valence-corrected chi connectivity index (χ2v) is 3.92. The average Bonchev–Trinajstić information content (AvgIpc) is 2.23. The quantitative estimate of drug-likeness (QED) is 0.669. The van der Waals surface area contributed by atoms with E-state index in [9.17, 15) is 0 Å². The molecule has 2 unspecified atom stereocenters. The number of hydrogen-bond donors (Lipinski definition) is 1. The molecule has 1 heterocycles. The minimum atomic E-state index is 0.185. The second kappa shape index (κ2) is 7.63. The molecule has 1 aliphatic rings. The summed E-state index contributed by atoms with van der Waals surface area (Å²) in [6.45, 7) is 5.26. The first-order valence-electron chi connectivity index (χ1n) is 5.64. The first-order valence-corrected chi connectivity index (χ1v) is 5.64. The van der Waals surface area contributed by atoms with Crippen LogP contribution >= 0.6 is 0 Å². The van der Waals surface area contributed by atoms with E-state index in [1.54, 1.807) is 0 Å². The fourth-order valence-corrected chi connectivity index (χ4v) is 1.59. The number of morpholine rings is 1. The minimum absolute atomic E-state index is 0.185. The number of nitrogens with one attached hydrogen (secondary N) is 1. The lowest BCUT2D eigenvalue weighted by Gasteiger charge is -2.28. The zero-order valence-corrected chi connectivity index (χ0v) is 9.37. The van der Waals surface area contributed by atoms with E-state index in [0.717, 1.165) is 32.5 Å². The van der Waals surface area contributed by atoms with Crippen LogP contribution in [0.3, 0.4) is 0 Å². The fraction of sp³-hybridized carbons (Fsp3) is 0.909. The lowest BCUT2D eigenvalue weighted by molar-refractivity contribution is -0.0688. The highest BCUT2D eigenvalue weighted by molar-refractivity contribution is 4.71. The number of unbranched alkanes of at least 4 members (excludes halogenated alkanes) is 2. The highest BCUT2D eigenvalue weighted by Crippen LogP contribution is 2.04. The minimum Gasteiger partial charge on any atom is -0.379 e. The van der Waals surface area contributed by atoms with Crippen molar-refractivity contribution in [1.82, 2.24) is 5.32 Å². The molecule has 1 N–H and O–H groups in total. The molecule has 0 saturated carbocycles. The summed E-state index contributed by atoms with van der Waals surface area (Å²) in [6, 6.07) is 2.12. The molecule has 2 atom stereocenters. The van der Waals surface area contributed by atoms with Crippen molar-refractivity contribution >= 4 is 0 Å². The summed E-state index contributed by atoms with van der Waals surface area (Å²) in [4.78, 5) is 0. The predicted molar refractivity (Wildman–Crippen MR) is 57.5 cm³/mol. The van der Waals surface area contributed by atoms with Gasteiger partial charge in [0.25, 0.3) is 0 Å². The van der Waals surface area contributed by atoms with E-state index >= 15 is 0 Å². The third kappa shape index (κ3) is 5.73. The molecular weight excluding hydrogens is 192 g/mol. The van der Waals surface area contributed by atoms with Crippen LogP contribution < -0.4 is 5.32 Å². The molecule has 1 aliphatic heterocycles. The fourth-order valence-electron chi connectivity index (χ4n) is 1.59. The Morgan fingerprint density at radius 2 is 2.33 bits per heavy atom. The van der Waals surface area contributed by atoms with Gasteiger partial charge in [-0.3, -0.25) is 0 Å². The van der Waals surface area contributed by atoms with Crippen molar-refractivity contribution in [3.63, 3.8) is 0 Å². The number of nitriles is 1. The molecule has 1 rings (SSSR count). The molecule has 0 amide bonds. The lowest BCUT2D eigenvalue weighted by atomic mass is 10.2. The summed E-state index contributed by atoms with van der Waals surface area (Å²) in [7, 11) is 0. The number of rotatable bonds is 6. The van der Waals surface area contributed by atoms with Crippen LogP contribution in [0.15, 0.2) is 0 Å². The molecule has 0 bridgehead atoms. The molecule has 15 heavy (non-hydrogen) atoms. The Kier molecular flexibility index (Phi) is 6.33. The largest absolute Gasteiger partial charge is 0.379 e. The van der Waals surface area contributed by atoms with E-state index in [-0.39, 0.29) is 12.2 Å². The second-order valence-electron chi connectivity index (χ2n) is 3.92. The smallest absolute Gasteiger partial charge is 0.0936 e. The first kappa shape index (κ1) is 12.4. The topological polar surface area (TPSA) is 54.3 Å². The normalized spacial score (nSPS) is 26.1. The molecule has 0 aromatic carbocycles. The maximum Gasteiger partial charge on any atom is 0.0936 e. The van der Waals surface area contributed by atoms with Crippen LogP contribution in [0.2, 0.25) is 0 Å². The molecule has 4 heteroatoms. The van der Waals surface area contributed by atoms with Crippen LogP contribution in [-0.4, -0.2) is 38.5 Å². The Labute approximate surface area is 91.6 Å². The van der Waals surface area contributed by atoms with Gasteiger partial charge in [-0.25, -0.2) is 0 Å². The molecule has 0 spiro atoms. The van der Waals surface area contributed by atoms with Gasteiger partial charge < -0.3 is 14.8 Å². The van der Waals surface area contributed by atoms with Crippen molar-refractivity contribution in [2.75, 3.05) is 26.3 Å². The van der Waals surface area contributed by atoms with Gasteiger partial charge in [0, 0.05) is 26.1 Å². The van der Waals surface area contributed by atoms with E-state index in [0.29, 0.717) is 13.0 Å². The maximum absolute atomic E-state index is 8.34. The van der Waals surface area contributed by atoms with E-state index in [4.69, 9.17) is 14.7 Å². The van der Waals surface area contributed by atoms with Crippen LogP contribution in [0.25, 0.3) is 0 Å². The molecule has 0 aliphatic carbocycles. The van der Waals surface area contributed by atoms with Crippen LogP contribution in [0.4, 0.5) is 0 Å². The lowest BCUT2D eigenvalue weighted by Crippen LogP contribution is -2.45. The van der Waals surface area contributed by atoms with E-state index in [1.165, 1.54) is 0 Å². The van der Waals surface area contributed by atoms with Crippen molar-refractivity contribution in [1.29, 1.82) is 5.26 Å². The molecule has 0 aromatic rings. The van der Waals surface area contributed by atoms with Gasteiger partial charge in [-0.15, -0.1) is 0 Å². The molecule has 0 radical (unpaired) electrons. The van der Waals surface area contributed by atoms with Crippen LogP contribution in [-0.2, 0) is 9.47 Å². The number of ether oxygens (including phenoxy) is 2. The summed E-state index contributed by atoms with van der Waals surface area (Å²) < 4.78 is 11.2. The van der Waals surface area contributed by atoms with E-state index in [1.807, 2.05) is 0 Å².